The van der Waals surface area contributed by atoms with E-state index in [9.17, 15) is 0 Å². The Bertz CT molecular complexity index is 299. The van der Waals surface area contributed by atoms with E-state index in [4.69, 9.17) is 16.3 Å². The Hall–Kier alpha value is -0.470. The molecule has 0 saturated carbocycles. The van der Waals surface area contributed by atoms with Gasteiger partial charge in [0.15, 0.2) is 0 Å². The van der Waals surface area contributed by atoms with Crippen LogP contribution >= 0.6 is 27.5 Å². The molecule has 3 heteroatoms. The molecule has 1 aromatic rings. The van der Waals surface area contributed by atoms with Gasteiger partial charge in [0.2, 0.25) is 0 Å². The zero-order valence-corrected chi connectivity index (χ0v) is 9.44. The Labute approximate surface area is 91.5 Å². The molecule has 70 valence electrons. The fraction of sp³-hybridized carbons (Fsp3) is 0.200. The molecule has 0 heterocycles. The van der Waals surface area contributed by atoms with Crippen LogP contribution in [0.1, 0.15) is 6.42 Å². The molecule has 0 bridgehead atoms. The first-order valence-electron chi connectivity index (χ1n) is 3.93. The summed E-state index contributed by atoms with van der Waals surface area (Å²) >= 11 is 9.25. The Morgan fingerprint density at radius 2 is 2.31 bits per heavy atom. The number of hydrogen-bond donors (Lipinski definition) is 0. The fourth-order valence-electron chi connectivity index (χ4n) is 0.840. The molecule has 0 radical (unpaired) electrons. The van der Waals surface area contributed by atoms with E-state index in [1.165, 1.54) is 0 Å². The molecule has 1 rings (SSSR count). The van der Waals surface area contributed by atoms with Gasteiger partial charge in [-0.2, -0.15) is 0 Å². The lowest BCUT2D eigenvalue weighted by Crippen LogP contribution is -1.95. The van der Waals surface area contributed by atoms with E-state index in [1.807, 2.05) is 18.2 Å². The van der Waals surface area contributed by atoms with Crippen LogP contribution in [0.5, 0.6) is 5.75 Å². The normalized spacial score (nSPS) is 9.69. The first-order valence-corrected chi connectivity index (χ1v) is 5.10. The molecule has 0 aliphatic carbocycles. The topological polar surface area (TPSA) is 9.23 Å². The van der Waals surface area contributed by atoms with Crippen LogP contribution in [0.3, 0.4) is 0 Å². The van der Waals surface area contributed by atoms with E-state index in [0.717, 1.165) is 10.9 Å². The third kappa shape index (κ3) is 3.41. The Morgan fingerprint density at radius 3 is 3.00 bits per heavy atom. The van der Waals surface area contributed by atoms with Gasteiger partial charge in [-0.1, -0.05) is 33.6 Å². The summed E-state index contributed by atoms with van der Waals surface area (Å²) in [5.41, 5.74) is 0. The number of benzene rings is 1. The largest absolute Gasteiger partial charge is 0.492 e. The monoisotopic (exact) mass is 260 g/mol. The minimum atomic E-state index is 0.611. The molecule has 0 N–H and O–H groups in total. The SMILES string of the molecule is C=CCCOc1cc(Br)ccc1Cl. The molecule has 0 amide bonds. The maximum Gasteiger partial charge on any atom is 0.139 e. The maximum atomic E-state index is 5.90. The van der Waals surface area contributed by atoms with E-state index in [1.54, 1.807) is 6.07 Å². The standard InChI is InChI=1S/C10H10BrClO/c1-2-3-6-13-10-7-8(11)4-5-9(10)12/h2,4-5,7H,1,3,6H2. The summed E-state index contributed by atoms with van der Waals surface area (Å²) in [6, 6.07) is 5.53. The van der Waals surface area contributed by atoms with E-state index < -0.39 is 0 Å². The Balaban J connectivity index is 2.64. The molecule has 0 atom stereocenters. The van der Waals surface area contributed by atoms with Gasteiger partial charge in [0.25, 0.3) is 0 Å². The molecule has 0 unspecified atom stereocenters. The van der Waals surface area contributed by atoms with E-state index in [-0.39, 0.29) is 0 Å². The van der Waals surface area contributed by atoms with Gasteiger partial charge in [-0.25, -0.2) is 0 Å². The molecule has 0 aliphatic rings. The highest BCUT2D eigenvalue weighted by Gasteiger charge is 2.00. The van der Waals surface area contributed by atoms with Crippen molar-refractivity contribution in [1.29, 1.82) is 0 Å². The number of hydrogen-bond acceptors (Lipinski definition) is 1. The van der Waals surface area contributed by atoms with Crippen molar-refractivity contribution in [3.8, 4) is 5.75 Å². The molecule has 13 heavy (non-hydrogen) atoms. The summed E-state index contributed by atoms with van der Waals surface area (Å²) in [5.74, 6) is 0.706. The average molecular weight is 262 g/mol. The highest BCUT2D eigenvalue weighted by molar-refractivity contribution is 9.10. The molecule has 1 nitrogen and oxygen atoms in total. The van der Waals surface area contributed by atoms with Crippen LogP contribution in [0.4, 0.5) is 0 Å². The highest BCUT2D eigenvalue weighted by atomic mass is 79.9. The summed E-state index contributed by atoms with van der Waals surface area (Å²) in [6.07, 6.45) is 2.63. The summed E-state index contributed by atoms with van der Waals surface area (Å²) in [4.78, 5) is 0. The quantitative estimate of drug-likeness (QED) is 0.587. The van der Waals surface area contributed by atoms with Crippen LogP contribution in [0, 0.1) is 0 Å². The van der Waals surface area contributed by atoms with Crippen LogP contribution in [-0.2, 0) is 0 Å². The minimum Gasteiger partial charge on any atom is -0.492 e. The van der Waals surface area contributed by atoms with Crippen LogP contribution in [0.2, 0.25) is 5.02 Å². The molecule has 0 saturated heterocycles. The van der Waals surface area contributed by atoms with Gasteiger partial charge in [-0.3, -0.25) is 0 Å². The van der Waals surface area contributed by atoms with E-state index in [2.05, 4.69) is 22.5 Å². The van der Waals surface area contributed by atoms with Crippen molar-refractivity contribution < 1.29 is 4.74 Å². The molecule has 0 aromatic heterocycles. The lowest BCUT2D eigenvalue weighted by molar-refractivity contribution is 0.325. The summed E-state index contributed by atoms with van der Waals surface area (Å²) in [6.45, 7) is 4.22. The zero-order valence-electron chi connectivity index (χ0n) is 7.09. The minimum absolute atomic E-state index is 0.611. The zero-order chi connectivity index (χ0) is 9.68. The van der Waals surface area contributed by atoms with Crippen molar-refractivity contribution in [2.75, 3.05) is 6.61 Å². The average Bonchev–Trinajstić information content (AvgIpc) is 2.11. The number of ether oxygens (including phenoxy) is 1. The van der Waals surface area contributed by atoms with Crippen molar-refractivity contribution in [1.82, 2.24) is 0 Å². The van der Waals surface area contributed by atoms with E-state index in [0.29, 0.717) is 17.4 Å². The van der Waals surface area contributed by atoms with Crippen LogP contribution in [0.15, 0.2) is 35.3 Å². The van der Waals surface area contributed by atoms with Crippen molar-refractivity contribution in [2.45, 2.75) is 6.42 Å². The van der Waals surface area contributed by atoms with Crippen molar-refractivity contribution >= 4 is 27.5 Å². The Morgan fingerprint density at radius 1 is 1.54 bits per heavy atom. The lowest BCUT2D eigenvalue weighted by atomic mass is 10.3. The summed E-state index contributed by atoms with van der Waals surface area (Å²) in [7, 11) is 0. The lowest BCUT2D eigenvalue weighted by Gasteiger charge is -2.06. The molecule has 0 fully saturated rings. The van der Waals surface area contributed by atoms with Crippen molar-refractivity contribution in [3.05, 3.63) is 40.3 Å². The second-order valence-electron chi connectivity index (χ2n) is 2.50. The summed E-state index contributed by atoms with van der Waals surface area (Å²) < 4.78 is 6.39. The first kappa shape index (κ1) is 10.6. The molecular weight excluding hydrogens is 251 g/mol. The van der Waals surface area contributed by atoms with Crippen LogP contribution < -0.4 is 4.74 Å². The highest BCUT2D eigenvalue weighted by Crippen LogP contribution is 2.27. The maximum absolute atomic E-state index is 5.90. The third-order valence-corrected chi connectivity index (χ3v) is 2.28. The van der Waals surface area contributed by atoms with Gasteiger partial charge >= 0.3 is 0 Å². The van der Waals surface area contributed by atoms with Gasteiger partial charge in [0, 0.05) is 4.47 Å². The predicted molar refractivity (Wildman–Crippen MR) is 59.5 cm³/mol. The van der Waals surface area contributed by atoms with Crippen LogP contribution in [-0.4, -0.2) is 6.61 Å². The second kappa shape index (κ2) is 5.30. The number of halogens is 2. The first-order chi connectivity index (χ1) is 6.24. The molecule has 0 spiro atoms. The molecule has 1 aromatic carbocycles. The smallest absolute Gasteiger partial charge is 0.139 e. The van der Waals surface area contributed by atoms with Crippen molar-refractivity contribution in [3.63, 3.8) is 0 Å². The van der Waals surface area contributed by atoms with E-state index >= 15 is 0 Å². The molecule has 0 aliphatic heterocycles. The number of rotatable bonds is 4. The van der Waals surface area contributed by atoms with Crippen molar-refractivity contribution in [2.24, 2.45) is 0 Å². The van der Waals surface area contributed by atoms with Gasteiger partial charge in [0.1, 0.15) is 5.75 Å². The molecular formula is C10H10BrClO. The van der Waals surface area contributed by atoms with Gasteiger partial charge in [-0.15, -0.1) is 6.58 Å². The predicted octanol–water partition coefficient (Wildman–Crippen LogP) is 4.06. The fourth-order valence-corrected chi connectivity index (χ4v) is 1.35. The third-order valence-electron chi connectivity index (χ3n) is 1.47. The Kier molecular flexibility index (Phi) is 4.33. The van der Waals surface area contributed by atoms with Gasteiger partial charge < -0.3 is 4.74 Å². The second-order valence-corrected chi connectivity index (χ2v) is 3.82. The summed E-state index contributed by atoms with van der Waals surface area (Å²) in [5, 5.41) is 0.632. The van der Waals surface area contributed by atoms with Gasteiger partial charge in [-0.05, 0) is 24.6 Å². The van der Waals surface area contributed by atoms with Gasteiger partial charge in [0.05, 0.1) is 11.6 Å². The van der Waals surface area contributed by atoms with Crippen LogP contribution in [0.25, 0.3) is 0 Å².